The topological polar surface area (TPSA) is 99.6 Å². The number of methoxy groups -OCH3 is 1. The van der Waals surface area contributed by atoms with Crippen molar-refractivity contribution in [1.82, 2.24) is 9.55 Å². The largest absolute Gasteiger partial charge is 0.387 e. The van der Waals surface area contributed by atoms with E-state index in [2.05, 4.69) is 4.98 Å². The molecule has 0 radical (unpaired) electrons. The summed E-state index contributed by atoms with van der Waals surface area (Å²) in [5, 5.41) is 10.2. The summed E-state index contributed by atoms with van der Waals surface area (Å²) in [7, 11) is 1.45. The summed E-state index contributed by atoms with van der Waals surface area (Å²) in [5.74, 6) is 0.0434. The molecule has 1 fully saturated rings. The molecular formula is C13H20FN3O4. The van der Waals surface area contributed by atoms with Crippen molar-refractivity contribution in [3.8, 4) is 0 Å². The Kier molecular flexibility index (Phi) is 4.60. The molecule has 8 heteroatoms. The second kappa shape index (κ2) is 6.08. The maximum Gasteiger partial charge on any atom is 0.351 e. The molecule has 21 heavy (non-hydrogen) atoms. The Balaban J connectivity index is 2.36. The first-order valence-corrected chi connectivity index (χ1v) is 6.78. The van der Waals surface area contributed by atoms with Crippen molar-refractivity contribution in [2.75, 3.05) is 19.5 Å². The van der Waals surface area contributed by atoms with Crippen LogP contribution in [0.4, 0.5) is 10.2 Å². The molecule has 4 atom stereocenters. The summed E-state index contributed by atoms with van der Waals surface area (Å²) in [4.78, 5) is 15.4. The fourth-order valence-corrected chi connectivity index (χ4v) is 2.72. The van der Waals surface area contributed by atoms with Gasteiger partial charge in [0.25, 0.3) is 0 Å². The summed E-state index contributed by atoms with van der Waals surface area (Å²) in [6, 6.07) is 1.38. The van der Waals surface area contributed by atoms with Gasteiger partial charge in [-0.1, -0.05) is 13.3 Å². The number of aromatic nitrogens is 2. The molecule has 1 aromatic heterocycles. The fraction of sp³-hybridized carbons (Fsp3) is 0.692. The van der Waals surface area contributed by atoms with Crippen LogP contribution in [0.25, 0.3) is 0 Å². The van der Waals surface area contributed by atoms with Crippen molar-refractivity contribution >= 4 is 5.82 Å². The maximum absolute atomic E-state index is 14.4. The Morgan fingerprint density at radius 1 is 1.67 bits per heavy atom. The van der Waals surface area contributed by atoms with E-state index in [-0.39, 0.29) is 12.4 Å². The molecule has 0 saturated carbocycles. The summed E-state index contributed by atoms with van der Waals surface area (Å²) in [6.45, 7) is 1.93. The second-order valence-corrected chi connectivity index (χ2v) is 5.19. The molecule has 0 unspecified atom stereocenters. The van der Waals surface area contributed by atoms with Crippen LogP contribution >= 0.6 is 0 Å². The Hall–Kier alpha value is -1.51. The van der Waals surface area contributed by atoms with E-state index >= 15 is 0 Å². The van der Waals surface area contributed by atoms with Crippen LogP contribution in [0.1, 0.15) is 26.0 Å². The molecule has 0 aromatic carbocycles. The van der Waals surface area contributed by atoms with Crippen LogP contribution in [0.5, 0.6) is 0 Å². The molecule has 1 aliphatic rings. The van der Waals surface area contributed by atoms with E-state index in [1.807, 2.05) is 6.92 Å². The van der Waals surface area contributed by atoms with Crippen LogP contribution in [0.15, 0.2) is 17.1 Å². The standard InChI is InChI=1S/C13H20FN3O4/c1-3-5-13(7-20-2)10(18)9(14)11(21-13)17-6-4-8(15)16-12(17)19/h4,6,9-11,18H,3,5,7H2,1-2H3,(H2,15,16,19)/t9-,10+,11-,13-/m1/s1. The molecule has 0 bridgehead atoms. The minimum atomic E-state index is -1.75. The van der Waals surface area contributed by atoms with Gasteiger partial charge in [0.05, 0.1) is 6.61 Å². The Morgan fingerprint density at radius 3 is 2.95 bits per heavy atom. The molecule has 1 saturated heterocycles. The number of nitrogens with zero attached hydrogens (tertiary/aromatic N) is 2. The van der Waals surface area contributed by atoms with Gasteiger partial charge in [-0.2, -0.15) is 4.98 Å². The van der Waals surface area contributed by atoms with Gasteiger partial charge in [0.2, 0.25) is 0 Å². The molecule has 3 N–H and O–H groups in total. The van der Waals surface area contributed by atoms with E-state index in [1.165, 1.54) is 19.4 Å². The van der Waals surface area contributed by atoms with Gasteiger partial charge in [0.1, 0.15) is 17.5 Å². The Bertz CT molecular complexity index is 544. The van der Waals surface area contributed by atoms with Crippen LogP contribution < -0.4 is 11.4 Å². The highest BCUT2D eigenvalue weighted by atomic mass is 19.1. The highest BCUT2D eigenvalue weighted by Gasteiger charge is 2.55. The Labute approximate surface area is 121 Å². The van der Waals surface area contributed by atoms with Gasteiger partial charge in [0.15, 0.2) is 12.4 Å². The van der Waals surface area contributed by atoms with Crippen LogP contribution in [-0.4, -0.2) is 46.3 Å². The zero-order valence-corrected chi connectivity index (χ0v) is 12.0. The van der Waals surface area contributed by atoms with Gasteiger partial charge >= 0.3 is 5.69 Å². The minimum absolute atomic E-state index is 0.0378. The normalized spacial score (nSPS) is 32.5. The van der Waals surface area contributed by atoms with E-state index in [1.54, 1.807) is 0 Å². The van der Waals surface area contributed by atoms with E-state index in [4.69, 9.17) is 15.2 Å². The molecular weight excluding hydrogens is 281 g/mol. The summed E-state index contributed by atoms with van der Waals surface area (Å²) in [6.07, 6.45) is -1.99. The lowest BCUT2D eigenvalue weighted by Crippen LogP contribution is -2.45. The number of ether oxygens (including phenoxy) is 2. The first-order chi connectivity index (χ1) is 9.95. The SMILES string of the molecule is CCC[C@]1(COC)O[C@@H](n2ccc(N)nc2=O)[C@H](F)[C@@H]1O. The smallest absolute Gasteiger partial charge is 0.351 e. The van der Waals surface area contributed by atoms with Gasteiger partial charge in [-0.15, -0.1) is 0 Å². The van der Waals surface area contributed by atoms with Gasteiger partial charge < -0.3 is 20.3 Å². The lowest BCUT2D eigenvalue weighted by atomic mass is 9.91. The van der Waals surface area contributed by atoms with Crippen molar-refractivity contribution in [3.63, 3.8) is 0 Å². The van der Waals surface area contributed by atoms with E-state index in [0.29, 0.717) is 12.8 Å². The zero-order valence-electron chi connectivity index (χ0n) is 12.0. The molecule has 118 valence electrons. The van der Waals surface area contributed by atoms with Crippen LogP contribution in [0, 0.1) is 0 Å². The molecule has 7 nitrogen and oxygen atoms in total. The number of halogens is 1. The average molecular weight is 301 g/mol. The van der Waals surface area contributed by atoms with Crippen molar-refractivity contribution in [1.29, 1.82) is 0 Å². The third-order valence-electron chi connectivity index (χ3n) is 3.66. The quantitative estimate of drug-likeness (QED) is 0.808. The number of anilines is 1. The zero-order chi connectivity index (χ0) is 15.6. The minimum Gasteiger partial charge on any atom is -0.387 e. The molecule has 0 aliphatic carbocycles. The van der Waals surface area contributed by atoms with Crippen LogP contribution in [-0.2, 0) is 9.47 Å². The van der Waals surface area contributed by atoms with Gasteiger partial charge in [-0.05, 0) is 12.5 Å². The number of alkyl halides is 1. The molecule has 2 heterocycles. The number of rotatable bonds is 5. The van der Waals surface area contributed by atoms with Crippen LogP contribution in [0.3, 0.4) is 0 Å². The maximum atomic E-state index is 14.4. The lowest BCUT2D eigenvalue weighted by molar-refractivity contribution is -0.139. The third kappa shape index (κ3) is 2.78. The summed E-state index contributed by atoms with van der Waals surface area (Å²) in [5.41, 5.74) is 3.51. The molecule has 0 amide bonds. The second-order valence-electron chi connectivity index (χ2n) is 5.19. The first kappa shape index (κ1) is 15.9. The molecule has 2 rings (SSSR count). The fourth-order valence-electron chi connectivity index (χ4n) is 2.72. The van der Waals surface area contributed by atoms with E-state index in [9.17, 15) is 14.3 Å². The number of nitrogen functional groups attached to an aromatic ring is 1. The van der Waals surface area contributed by atoms with Crippen LogP contribution in [0.2, 0.25) is 0 Å². The Morgan fingerprint density at radius 2 is 2.38 bits per heavy atom. The lowest BCUT2D eigenvalue weighted by Gasteiger charge is -2.30. The van der Waals surface area contributed by atoms with Crippen molar-refractivity contribution < 1.29 is 19.0 Å². The monoisotopic (exact) mass is 301 g/mol. The number of hydrogen-bond donors (Lipinski definition) is 2. The molecule has 0 spiro atoms. The molecule has 1 aromatic rings. The van der Waals surface area contributed by atoms with E-state index < -0.39 is 29.8 Å². The van der Waals surface area contributed by atoms with Gasteiger partial charge in [-0.25, -0.2) is 9.18 Å². The van der Waals surface area contributed by atoms with Gasteiger partial charge in [-0.3, -0.25) is 4.57 Å². The molecule has 1 aliphatic heterocycles. The first-order valence-electron chi connectivity index (χ1n) is 6.78. The highest BCUT2D eigenvalue weighted by molar-refractivity contribution is 5.23. The predicted octanol–water partition coefficient (Wildman–Crippen LogP) is 0.239. The van der Waals surface area contributed by atoms with E-state index in [0.717, 1.165) is 4.57 Å². The number of aliphatic hydroxyl groups is 1. The predicted molar refractivity (Wildman–Crippen MR) is 73.4 cm³/mol. The van der Waals surface area contributed by atoms with Crippen molar-refractivity contribution in [2.45, 2.75) is 43.9 Å². The number of nitrogens with two attached hydrogens (primary N) is 1. The third-order valence-corrected chi connectivity index (χ3v) is 3.66. The summed E-state index contributed by atoms with van der Waals surface area (Å²) < 4.78 is 26.2. The van der Waals surface area contributed by atoms with Gasteiger partial charge in [0, 0.05) is 13.3 Å². The highest BCUT2D eigenvalue weighted by Crippen LogP contribution is 2.41. The summed E-state index contributed by atoms with van der Waals surface area (Å²) >= 11 is 0. The van der Waals surface area contributed by atoms with Crippen molar-refractivity contribution in [3.05, 3.63) is 22.7 Å². The average Bonchev–Trinajstić information content (AvgIpc) is 2.66. The number of aliphatic hydroxyl groups excluding tert-OH is 1. The number of hydrogen-bond acceptors (Lipinski definition) is 6. The van der Waals surface area contributed by atoms with Crippen molar-refractivity contribution in [2.24, 2.45) is 0 Å².